The van der Waals surface area contributed by atoms with Gasteiger partial charge in [-0.25, -0.2) is 0 Å². The van der Waals surface area contributed by atoms with Crippen LogP contribution in [0.1, 0.15) is 31.2 Å². The van der Waals surface area contributed by atoms with Gasteiger partial charge in [0, 0.05) is 19.1 Å². The first-order valence-corrected chi connectivity index (χ1v) is 8.08. The molecule has 3 heterocycles. The Bertz CT molecular complexity index is 543. The van der Waals surface area contributed by atoms with Crippen LogP contribution in [0, 0.1) is 6.92 Å². The van der Waals surface area contributed by atoms with Crippen LogP contribution < -0.4 is 0 Å². The Morgan fingerprint density at radius 1 is 1.52 bits per heavy atom. The number of halogens is 1. The highest BCUT2D eigenvalue weighted by molar-refractivity contribution is 6.32. The third kappa shape index (κ3) is 2.87. The predicted octanol–water partition coefficient (Wildman–Crippen LogP) is 1.84. The molecule has 1 aromatic heterocycles. The van der Waals surface area contributed by atoms with Gasteiger partial charge in [-0.05, 0) is 33.2 Å². The van der Waals surface area contributed by atoms with E-state index in [0.29, 0.717) is 24.1 Å². The Morgan fingerprint density at radius 3 is 3.10 bits per heavy atom. The monoisotopic (exact) mass is 311 g/mol. The van der Waals surface area contributed by atoms with Gasteiger partial charge in [-0.1, -0.05) is 11.6 Å². The summed E-state index contributed by atoms with van der Waals surface area (Å²) >= 11 is 6.28. The zero-order valence-electron chi connectivity index (χ0n) is 12.6. The molecule has 0 aromatic carbocycles. The summed E-state index contributed by atoms with van der Waals surface area (Å²) in [7, 11) is 0. The number of hydrogen-bond acceptors (Lipinski definition) is 4. The molecule has 0 saturated carbocycles. The molecule has 1 aromatic rings. The van der Waals surface area contributed by atoms with Gasteiger partial charge in [0.15, 0.2) is 5.78 Å². The molecule has 2 atom stereocenters. The molecule has 6 heteroatoms. The van der Waals surface area contributed by atoms with E-state index in [9.17, 15) is 4.79 Å². The highest BCUT2D eigenvalue weighted by Gasteiger charge is 2.35. The second kappa shape index (κ2) is 6.07. The molecule has 0 spiro atoms. The molecule has 2 aliphatic heterocycles. The van der Waals surface area contributed by atoms with Crippen LogP contribution in [-0.4, -0.2) is 52.3 Å². The molecule has 0 aliphatic carbocycles. The van der Waals surface area contributed by atoms with Crippen molar-refractivity contribution in [3.8, 4) is 0 Å². The average molecular weight is 312 g/mol. The van der Waals surface area contributed by atoms with E-state index in [4.69, 9.17) is 16.3 Å². The largest absolute Gasteiger partial charge is 0.367 e. The fraction of sp³-hybridized carbons (Fsp3) is 0.733. The van der Waals surface area contributed by atoms with Gasteiger partial charge in [-0.3, -0.25) is 14.4 Å². The van der Waals surface area contributed by atoms with Crippen molar-refractivity contribution in [2.75, 3.05) is 19.7 Å². The predicted molar refractivity (Wildman–Crippen MR) is 80.7 cm³/mol. The molecule has 116 valence electrons. The average Bonchev–Trinajstić information content (AvgIpc) is 3.05. The molecule has 2 unspecified atom stereocenters. The second-order valence-electron chi connectivity index (χ2n) is 5.92. The van der Waals surface area contributed by atoms with Gasteiger partial charge < -0.3 is 4.74 Å². The van der Waals surface area contributed by atoms with Crippen LogP contribution in [-0.2, 0) is 22.5 Å². The van der Waals surface area contributed by atoms with Gasteiger partial charge in [0.2, 0.25) is 0 Å². The third-order valence-electron chi connectivity index (χ3n) is 4.54. The van der Waals surface area contributed by atoms with Gasteiger partial charge >= 0.3 is 0 Å². The molecule has 21 heavy (non-hydrogen) atoms. The Balaban J connectivity index is 1.69. The number of nitrogens with zero attached hydrogens (tertiary/aromatic N) is 3. The van der Waals surface area contributed by atoms with E-state index in [1.165, 1.54) is 12.8 Å². The molecule has 3 rings (SSSR count). The number of rotatable bonds is 4. The summed E-state index contributed by atoms with van der Waals surface area (Å²) in [5, 5.41) is 4.97. The summed E-state index contributed by atoms with van der Waals surface area (Å²) in [5.74, 6) is 0.108. The standard InChI is InChI=1S/C15H22ClN3O2/c1-3-19-12(15(16)10(2)17-19)7-13(20)14-8-18-6-4-5-11(18)9-21-14/h11,14H,3-9H2,1-2H3. The number of carbonyl (C=O) groups excluding carboxylic acids is 1. The number of fused-ring (bicyclic) bond motifs is 1. The molecule has 0 N–H and O–H groups in total. The number of morpholine rings is 1. The van der Waals surface area contributed by atoms with E-state index in [2.05, 4.69) is 10.00 Å². The maximum Gasteiger partial charge on any atom is 0.168 e. The minimum absolute atomic E-state index is 0.108. The summed E-state index contributed by atoms with van der Waals surface area (Å²) in [5.41, 5.74) is 1.60. The van der Waals surface area contributed by atoms with E-state index in [1.54, 1.807) is 0 Å². The van der Waals surface area contributed by atoms with Crippen LogP contribution >= 0.6 is 11.6 Å². The van der Waals surface area contributed by atoms with Crippen molar-refractivity contribution in [2.45, 2.75) is 51.8 Å². The fourth-order valence-electron chi connectivity index (χ4n) is 3.33. The van der Waals surface area contributed by atoms with Crippen LogP contribution in [0.25, 0.3) is 0 Å². The molecule has 0 radical (unpaired) electrons. The van der Waals surface area contributed by atoms with Crippen molar-refractivity contribution in [3.05, 3.63) is 16.4 Å². The van der Waals surface area contributed by atoms with E-state index >= 15 is 0 Å². The molecule has 0 amide bonds. The van der Waals surface area contributed by atoms with E-state index in [1.807, 2.05) is 18.5 Å². The molecule has 2 aliphatic rings. The number of ether oxygens (including phenoxy) is 1. The lowest BCUT2D eigenvalue weighted by Crippen LogP contribution is -2.49. The second-order valence-corrected chi connectivity index (χ2v) is 6.30. The number of carbonyl (C=O) groups is 1. The van der Waals surface area contributed by atoms with Crippen molar-refractivity contribution in [3.63, 3.8) is 0 Å². The van der Waals surface area contributed by atoms with Crippen LogP contribution in [0.15, 0.2) is 0 Å². The Kier molecular flexibility index (Phi) is 4.33. The topological polar surface area (TPSA) is 47.4 Å². The first kappa shape index (κ1) is 15.0. The summed E-state index contributed by atoms with van der Waals surface area (Å²) < 4.78 is 7.60. The van der Waals surface area contributed by atoms with Gasteiger partial charge in [-0.2, -0.15) is 5.10 Å². The normalized spacial score (nSPS) is 26.0. The first-order chi connectivity index (χ1) is 10.1. The zero-order chi connectivity index (χ0) is 15.0. The Hall–Kier alpha value is -0.910. The van der Waals surface area contributed by atoms with Crippen LogP contribution in [0.4, 0.5) is 0 Å². The number of hydrogen-bond donors (Lipinski definition) is 0. The van der Waals surface area contributed by atoms with Gasteiger partial charge in [-0.15, -0.1) is 0 Å². The third-order valence-corrected chi connectivity index (χ3v) is 5.03. The minimum atomic E-state index is -0.323. The van der Waals surface area contributed by atoms with Crippen molar-refractivity contribution >= 4 is 17.4 Å². The Labute approximate surface area is 130 Å². The van der Waals surface area contributed by atoms with E-state index in [-0.39, 0.29) is 11.9 Å². The molecule has 2 fully saturated rings. The van der Waals surface area contributed by atoms with Crippen LogP contribution in [0.5, 0.6) is 0 Å². The maximum absolute atomic E-state index is 12.5. The molecule has 2 saturated heterocycles. The summed E-state index contributed by atoms with van der Waals surface area (Å²) in [6.45, 7) is 7.08. The van der Waals surface area contributed by atoms with Crippen molar-refractivity contribution in [2.24, 2.45) is 0 Å². The lowest BCUT2D eigenvalue weighted by molar-refractivity contribution is -0.137. The molecular formula is C15H22ClN3O2. The highest BCUT2D eigenvalue weighted by Crippen LogP contribution is 2.25. The van der Waals surface area contributed by atoms with Crippen molar-refractivity contribution in [1.82, 2.24) is 14.7 Å². The zero-order valence-corrected chi connectivity index (χ0v) is 13.4. The quantitative estimate of drug-likeness (QED) is 0.851. The van der Waals surface area contributed by atoms with Crippen molar-refractivity contribution in [1.29, 1.82) is 0 Å². The van der Waals surface area contributed by atoms with Gasteiger partial charge in [0.25, 0.3) is 0 Å². The fourth-order valence-corrected chi connectivity index (χ4v) is 3.53. The first-order valence-electron chi connectivity index (χ1n) is 7.70. The summed E-state index contributed by atoms with van der Waals surface area (Å²) in [4.78, 5) is 14.9. The van der Waals surface area contributed by atoms with Gasteiger partial charge in [0.1, 0.15) is 6.10 Å². The number of aromatic nitrogens is 2. The smallest absolute Gasteiger partial charge is 0.168 e. The highest BCUT2D eigenvalue weighted by atomic mass is 35.5. The number of ketones is 1. The van der Waals surface area contributed by atoms with Gasteiger partial charge in [0.05, 0.1) is 29.4 Å². The maximum atomic E-state index is 12.5. The summed E-state index contributed by atoms with van der Waals surface area (Å²) in [6.07, 6.45) is 2.38. The molecular weight excluding hydrogens is 290 g/mol. The summed E-state index contributed by atoms with van der Waals surface area (Å²) in [6, 6.07) is 0.515. The SMILES string of the molecule is CCn1nc(C)c(Cl)c1CC(=O)C1CN2CCCC2CO1. The molecule has 5 nitrogen and oxygen atoms in total. The van der Waals surface area contributed by atoms with E-state index < -0.39 is 0 Å². The van der Waals surface area contributed by atoms with Crippen LogP contribution in [0.3, 0.4) is 0 Å². The van der Waals surface area contributed by atoms with Crippen LogP contribution in [0.2, 0.25) is 5.02 Å². The Morgan fingerprint density at radius 2 is 2.33 bits per heavy atom. The van der Waals surface area contributed by atoms with E-state index in [0.717, 1.165) is 31.0 Å². The lowest BCUT2D eigenvalue weighted by atomic mass is 10.1. The molecule has 0 bridgehead atoms. The number of aryl methyl sites for hydroxylation is 2. The number of Topliss-reactive ketones (excluding diaryl/α,β-unsaturated/α-hetero) is 1. The lowest BCUT2D eigenvalue weighted by Gasteiger charge is -2.34. The van der Waals surface area contributed by atoms with Crippen molar-refractivity contribution < 1.29 is 9.53 Å². The minimum Gasteiger partial charge on any atom is -0.367 e.